The standard InChI is InChI=1S/C53H37NO/c1-53(2)45-17-8-5-15-43(45)52-46(53)18-11-20-48(52)54(47-19-9-6-14-41(47)38-23-22-34-12-3-4-13-36(34)32-38)40-28-24-35(25-29-40)37-26-30-42-39(33-37)27-31-50-51(42)44-16-7-10-21-49(44)55-50/h3-33H,1-2H3. The SMILES string of the molecule is CC1(C)c2ccccc2-c2c(N(c3ccc(-c4ccc5c(ccc6oc7ccccc7c65)c4)cc3)c3ccccc3-c3ccc4ccccc4c3)cccc21. The second kappa shape index (κ2) is 12.1. The predicted octanol–water partition coefficient (Wildman–Crippen LogP) is 15.0. The maximum Gasteiger partial charge on any atom is 0.136 e. The number of furan rings is 1. The lowest BCUT2D eigenvalue weighted by Gasteiger charge is -2.30. The van der Waals surface area contributed by atoms with Crippen LogP contribution < -0.4 is 4.90 Å². The molecule has 11 rings (SSSR count). The Hall–Kier alpha value is -6.90. The van der Waals surface area contributed by atoms with Crippen molar-refractivity contribution in [2.75, 3.05) is 4.90 Å². The maximum absolute atomic E-state index is 6.19. The van der Waals surface area contributed by atoms with Crippen molar-refractivity contribution in [2.45, 2.75) is 19.3 Å². The molecular weight excluding hydrogens is 667 g/mol. The van der Waals surface area contributed by atoms with Crippen LogP contribution in [0.25, 0.3) is 76.9 Å². The molecule has 0 unspecified atom stereocenters. The van der Waals surface area contributed by atoms with Gasteiger partial charge in [0.25, 0.3) is 0 Å². The molecule has 260 valence electrons. The van der Waals surface area contributed by atoms with Gasteiger partial charge in [-0.25, -0.2) is 0 Å². The van der Waals surface area contributed by atoms with E-state index < -0.39 is 0 Å². The van der Waals surface area contributed by atoms with E-state index in [1.807, 2.05) is 12.1 Å². The van der Waals surface area contributed by atoms with Crippen molar-refractivity contribution in [1.82, 2.24) is 0 Å². The molecule has 0 saturated carbocycles. The second-order valence-electron chi connectivity index (χ2n) is 15.3. The van der Waals surface area contributed by atoms with E-state index in [4.69, 9.17) is 4.42 Å². The molecule has 1 heterocycles. The van der Waals surface area contributed by atoms with Crippen LogP contribution >= 0.6 is 0 Å². The first-order valence-electron chi connectivity index (χ1n) is 19.1. The maximum atomic E-state index is 6.19. The van der Waals surface area contributed by atoms with Crippen LogP contribution in [0.3, 0.4) is 0 Å². The number of hydrogen-bond donors (Lipinski definition) is 0. The molecule has 0 N–H and O–H groups in total. The van der Waals surface area contributed by atoms with Crippen molar-refractivity contribution in [3.63, 3.8) is 0 Å². The fourth-order valence-electron chi connectivity index (χ4n) is 9.13. The minimum atomic E-state index is -0.111. The molecular formula is C53H37NO. The fourth-order valence-corrected chi connectivity index (χ4v) is 9.13. The van der Waals surface area contributed by atoms with Gasteiger partial charge >= 0.3 is 0 Å². The Morgan fingerprint density at radius 2 is 1.07 bits per heavy atom. The zero-order chi connectivity index (χ0) is 36.7. The smallest absolute Gasteiger partial charge is 0.136 e. The number of hydrogen-bond acceptors (Lipinski definition) is 2. The number of rotatable bonds is 5. The van der Waals surface area contributed by atoms with Crippen molar-refractivity contribution in [2.24, 2.45) is 0 Å². The highest BCUT2D eigenvalue weighted by molar-refractivity contribution is 6.19. The van der Waals surface area contributed by atoms with Crippen molar-refractivity contribution in [3.8, 4) is 33.4 Å². The molecule has 55 heavy (non-hydrogen) atoms. The van der Waals surface area contributed by atoms with Crippen LogP contribution in [0.2, 0.25) is 0 Å². The van der Waals surface area contributed by atoms with Crippen LogP contribution in [0.5, 0.6) is 0 Å². The van der Waals surface area contributed by atoms with E-state index in [-0.39, 0.29) is 5.41 Å². The molecule has 2 nitrogen and oxygen atoms in total. The molecule has 0 aliphatic heterocycles. The average Bonchev–Trinajstić information content (AvgIpc) is 3.74. The molecule has 9 aromatic carbocycles. The number of nitrogens with zero attached hydrogens (tertiary/aromatic N) is 1. The molecule has 0 spiro atoms. The third-order valence-corrected chi connectivity index (χ3v) is 11.8. The fraction of sp³-hybridized carbons (Fsp3) is 0.0566. The van der Waals surface area contributed by atoms with E-state index in [2.05, 4.69) is 195 Å². The number of benzene rings is 9. The Bertz CT molecular complexity index is 3130. The number of para-hydroxylation sites is 2. The lowest BCUT2D eigenvalue weighted by atomic mass is 9.82. The van der Waals surface area contributed by atoms with E-state index in [1.165, 1.54) is 77.1 Å². The Labute approximate surface area is 320 Å². The largest absolute Gasteiger partial charge is 0.456 e. The van der Waals surface area contributed by atoms with Gasteiger partial charge in [0.05, 0.1) is 11.4 Å². The molecule has 10 aromatic rings. The highest BCUT2D eigenvalue weighted by atomic mass is 16.3. The highest BCUT2D eigenvalue weighted by Crippen LogP contribution is 2.55. The monoisotopic (exact) mass is 703 g/mol. The summed E-state index contributed by atoms with van der Waals surface area (Å²) in [5.74, 6) is 0. The van der Waals surface area contributed by atoms with Crippen LogP contribution in [-0.2, 0) is 5.41 Å². The van der Waals surface area contributed by atoms with E-state index in [0.29, 0.717) is 0 Å². The van der Waals surface area contributed by atoms with Crippen LogP contribution in [0.4, 0.5) is 17.1 Å². The lowest BCUT2D eigenvalue weighted by Crippen LogP contribution is -2.16. The summed E-state index contributed by atoms with van der Waals surface area (Å²) in [6.45, 7) is 4.71. The van der Waals surface area contributed by atoms with Crippen molar-refractivity contribution in [1.29, 1.82) is 0 Å². The summed E-state index contributed by atoms with van der Waals surface area (Å²) >= 11 is 0. The molecule has 0 fully saturated rings. The summed E-state index contributed by atoms with van der Waals surface area (Å²) in [5.41, 5.74) is 15.2. The first-order chi connectivity index (χ1) is 27.0. The minimum Gasteiger partial charge on any atom is -0.456 e. The van der Waals surface area contributed by atoms with Gasteiger partial charge in [-0.1, -0.05) is 153 Å². The molecule has 0 atom stereocenters. The third-order valence-electron chi connectivity index (χ3n) is 11.8. The number of fused-ring (bicyclic) bond motifs is 9. The quantitative estimate of drug-likeness (QED) is 0.177. The average molecular weight is 704 g/mol. The van der Waals surface area contributed by atoms with Gasteiger partial charge in [-0.15, -0.1) is 0 Å². The Kier molecular flexibility index (Phi) is 6.93. The van der Waals surface area contributed by atoms with Gasteiger partial charge in [0.15, 0.2) is 0 Å². The van der Waals surface area contributed by atoms with Gasteiger partial charge in [0, 0.05) is 33.0 Å². The second-order valence-corrected chi connectivity index (χ2v) is 15.3. The normalized spacial score (nSPS) is 13.1. The van der Waals surface area contributed by atoms with Gasteiger partial charge in [-0.2, -0.15) is 0 Å². The molecule has 0 radical (unpaired) electrons. The van der Waals surface area contributed by atoms with Crippen LogP contribution in [0, 0.1) is 0 Å². The van der Waals surface area contributed by atoms with Crippen molar-refractivity contribution >= 4 is 60.5 Å². The molecule has 1 aliphatic rings. The van der Waals surface area contributed by atoms with Gasteiger partial charge < -0.3 is 9.32 Å². The van der Waals surface area contributed by atoms with Gasteiger partial charge in [0.1, 0.15) is 11.2 Å². The van der Waals surface area contributed by atoms with Gasteiger partial charge in [-0.05, 0) is 103 Å². The van der Waals surface area contributed by atoms with Crippen LogP contribution in [0.1, 0.15) is 25.0 Å². The Balaban J connectivity index is 1.08. The molecule has 1 aromatic heterocycles. The molecule has 0 bridgehead atoms. The van der Waals surface area contributed by atoms with Crippen molar-refractivity contribution in [3.05, 3.63) is 199 Å². The molecule has 0 saturated heterocycles. The first-order valence-corrected chi connectivity index (χ1v) is 19.1. The predicted molar refractivity (Wildman–Crippen MR) is 232 cm³/mol. The summed E-state index contributed by atoms with van der Waals surface area (Å²) in [4.78, 5) is 2.48. The summed E-state index contributed by atoms with van der Waals surface area (Å²) in [5, 5.41) is 7.22. The van der Waals surface area contributed by atoms with E-state index in [9.17, 15) is 0 Å². The topological polar surface area (TPSA) is 16.4 Å². The van der Waals surface area contributed by atoms with Crippen LogP contribution in [-0.4, -0.2) is 0 Å². The van der Waals surface area contributed by atoms with E-state index >= 15 is 0 Å². The van der Waals surface area contributed by atoms with E-state index in [1.54, 1.807) is 0 Å². The molecule has 0 amide bonds. The van der Waals surface area contributed by atoms with E-state index in [0.717, 1.165) is 27.9 Å². The Morgan fingerprint density at radius 3 is 1.96 bits per heavy atom. The summed E-state index contributed by atoms with van der Waals surface area (Å²) in [6, 6.07) is 68.6. The summed E-state index contributed by atoms with van der Waals surface area (Å²) in [7, 11) is 0. The Morgan fingerprint density at radius 1 is 0.418 bits per heavy atom. The zero-order valence-electron chi connectivity index (χ0n) is 30.8. The molecule has 1 aliphatic carbocycles. The molecule has 2 heteroatoms. The summed E-state index contributed by atoms with van der Waals surface area (Å²) in [6.07, 6.45) is 0. The van der Waals surface area contributed by atoms with Gasteiger partial charge in [0.2, 0.25) is 0 Å². The minimum absolute atomic E-state index is 0.111. The van der Waals surface area contributed by atoms with Crippen molar-refractivity contribution < 1.29 is 4.42 Å². The summed E-state index contributed by atoms with van der Waals surface area (Å²) < 4.78 is 6.19. The highest BCUT2D eigenvalue weighted by Gasteiger charge is 2.38. The first kappa shape index (κ1) is 31.6. The lowest BCUT2D eigenvalue weighted by molar-refractivity contribution is 0.660. The number of anilines is 3. The van der Waals surface area contributed by atoms with Crippen LogP contribution in [0.15, 0.2) is 192 Å². The van der Waals surface area contributed by atoms with Gasteiger partial charge in [-0.3, -0.25) is 0 Å². The zero-order valence-corrected chi connectivity index (χ0v) is 30.8. The third kappa shape index (κ3) is 4.88.